The molecule has 2 aliphatic rings. The molecular weight excluding hydrogens is 466 g/mol. The van der Waals surface area contributed by atoms with Gasteiger partial charge in [-0.1, -0.05) is 24.3 Å². The summed E-state index contributed by atoms with van der Waals surface area (Å²) in [6.07, 6.45) is -0.209. The van der Waals surface area contributed by atoms with Crippen LogP contribution >= 0.6 is 11.6 Å². The summed E-state index contributed by atoms with van der Waals surface area (Å²) in [7, 11) is 0. The highest BCUT2D eigenvalue weighted by molar-refractivity contribution is 6.30. The first-order valence-electron chi connectivity index (χ1n) is 9.77. The van der Waals surface area contributed by atoms with Gasteiger partial charge in [0.2, 0.25) is 5.60 Å². The normalized spacial score (nSPS) is 24.1. The van der Waals surface area contributed by atoms with Crippen molar-refractivity contribution < 1.29 is 32.3 Å². The summed E-state index contributed by atoms with van der Waals surface area (Å²) < 4.78 is 53.4. The van der Waals surface area contributed by atoms with E-state index in [1.165, 1.54) is 18.2 Å². The number of aliphatic hydroxyl groups is 1. The summed E-state index contributed by atoms with van der Waals surface area (Å²) >= 11 is 5.77. The third-order valence-electron chi connectivity index (χ3n) is 5.10. The van der Waals surface area contributed by atoms with Crippen LogP contribution in [0.4, 0.5) is 17.6 Å². The summed E-state index contributed by atoms with van der Waals surface area (Å²) in [5.41, 5.74) is -3.49. The smallest absolute Gasteiger partial charge is 0.387 e. The van der Waals surface area contributed by atoms with E-state index in [9.17, 15) is 32.3 Å². The Labute approximate surface area is 191 Å². The molecule has 176 valence electrons. The number of hydrogen-bond acceptors (Lipinski definition) is 4. The van der Waals surface area contributed by atoms with Crippen LogP contribution in [0.5, 0.6) is 0 Å². The fraction of sp³-hybridized carbons (Fsp3) is 0.273. The second-order valence-corrected chi connectivity index (χ2v) is 7.92. The van der Waals surface area contributed by atoms with Gasteiger partial charge in [-0.3, -0.25) is 9.59 Å². The number of carbonyl (C=O) groups is 2. The van der Waals surface area contributed by atoms with Crippen molar-refractivity contribution >= 4 is 23.4 Å². The molecule has 1 atom stereocenters. The molecule has 0 unspecified atom stereocenters. The van der Waals surface area contributed by atoms with Gasteiger partial charge < -0.3 is 20.6 Å². The zero-order valence-corrected chi connectivity index (χ0v) is 17.9. The number of halogens is 5. The van der Waals surface area contributed by atoms with Crippen LogP contribution in [-0.4, -0.2) is 46.7 Å². The van der Waals surface area contributed by atoms with Crippen LogP contribution in [0.25, 0.3) is 0 Å². The molecule has 3 N–H and O–H groups in total. The number of benzene rings is 1. The third kappa shape index (κ3) is 5.45. The Hall–Kier alpha value is -3.11. The minimum absolute atomic E-state index is 0.0458. The van der Waals surface area contributed by atoms with Crippen LogP contribution in [0.3, 0.4) is 0 Å². The average Bonchev–Trinajstić information content (AvgIpc) is 3.05. The SMILES string of the molecule is C=C1/C=C(N2CC[C@@](O)(C(=O)NCc3cc(F)cc(Cl)c3)C2=O)\C=C/CNC=C1C(F)(F)F. The second kappa shape index (κ2) is 9.40. The largest absolute Gasteiger partial charge is 0.418 e. The number of likely N-dealkylation sites (tertiary alicyclic amines) is 1. The fourth-order valence-corrected chi connectivity index (χ4v) is 3.69. The van der Waals surface area contributed by atoms with Crippen LogP contribution in [0.2, 0.25) is 5.02 Å². The Morgan fingerprint density at radius 1 is 1.33 bits per heavy atom. The highest BCUT2D eigenvalue weighted by Crippen LogP contribution is 2.33. The van der Waals surface area contributed by atoms with Gasteiger partial charge in [0.25, 0.3) is 11.8 Å². The Kier molecular flexibility index (Phi) is 6.99. The molecule has 0 bridgehead atoms. The van der Waals surface area contributed by atoms with Crippen molar-refractivity contribution in [3.63, 3.8) is 0 Å². The molecule has 1 saturated heterocycles. The van der Waals surface area contributed by atoms with Crippen molar-refractivity contribution in [3.8, 4) is 0 Å². The number of amides is 2. The van der Waals surface area contributed by atoms with Crippen molar-refractivity contribution in [2.75, 3.05) is 13.1 Å². The molecule has 33 heavy (non-hydrogen) atoms. The van der Waals surface area contributed by atoms with Crippen LogP contribution in [0.1, 0.15) is 12.0 Å². The number of carbonyl (C=O) groups excluding carboxylic acids is 2. The maximum Gasteiger partial charge on any atom is 0.418 e. The van der Waals surface area contributed by atoms with Crippen LogP contribution in [0, 0.1) is 5.82 Å². The van der Waals surface area contributed by atoms with E-state index in [4.69, 9.17) is 11.6 Å². The van der Waals surface area contributed by atoms with Gasteiger partial charge in [-0.2, -0.15) is 13.2 Å². The third-order valence-corrected chi connectivity index (χ3v) is 5.32. The maximum atomic E-state index is 13.5. The molecule has 0 saturated carbocycles. The van der Waals surface area contributed by atoms with Crippen molar-refractivity contribution in [2.24, 2.45) is 0 Å². The van der Waals surface area contributed by atoms with E-state index in [2.05, 4.69) is 17.2 Å². The number of nitrogens with zero attached hydrogens (tertiary/aromatic N) is 1. The highest BCUT2D eigenvalue weighted by atomic mass is 35.5. The lowest BCUT2D eigenvalue weighted by molar-refractivity contribution is -0.153. The minimum atomic E-state index is -4.68. The van der Waals surface area contributed by atoms with Crippen LogP contribution < -0.4 is 10.6 Å². The molecule has 1 aromatic carbocycles. The molecular formula is C22H20ClF4N3O3. The van der Waals surface area contributed by atoms with E-state index in [-0.39, 0.29) is 36.8 Å². The Morgan fingerprint density at radius 3 is 2.73 bits per heavy atom. The first kappa shape index (κ1) is 24.5. The molecule has 3 rings (SSSR count). The van der Waals surface area contributed by atoms with E-state index < -0.39 is 40.6 Å². The van der Waals surface area contributed by atoms with Gasteiger partial charge in [0.1, 0.15) is 5.82 Å². The Morgan fingerprint density at radius 2 is 2.06 bits per heavy atom. The van der Waals surface area contributed by atoms with E-state index in [0.29, 0.717) is 5.56 Å². The van der Waals surface area contributed by atoms with E-state index in [0.717, 1.165) is 29.3 Å². The molecule has 0 spiro atoms. The maximum absolute atomic E-state index is 13.5. The fourth-order valence-electron chi connectivity index (χ4n) is 3.44. The molecule has 0 radical (unpaired) electrons. The topological polar surface area (TPSA) is 81.7 Å². The van der Waals surface area contributed by atoms with Crippen LogP contribution in [0.15, 0.2) is 66.0 Å². The van der Waals surface area contributed by atoms with Gasteiger partial charge in [-0.15, -0.1) is 0 Å². The van der Waals surface area contributed by atoms with E-state index in [1.807, 2.05) is 0 Å². The second-order valence-electron chi connectivity index (χ2n) is 7.49. The molecule has 2 amide bonds. The first-order valence-corrected chi connectivity index (χ1v) is 10.2. The zero-order chi connectivity index (χ0) is 24.4. The van der Waals surface area contributed by atoms with Gasteiger partial charge in [-0.25, -0.2) is 4.39 Å². The lowest BCUT2D eigenvalue weighted by atomic mass is 10.0. The Bertz CT molecular complexity index is 1060. The van der Waals surface area contributed by atoms with Gasteiger partial charge >= 0.3 is 6.18 Å². The van der Waals surface area contributed by atoms with Crippen molar-refractivity contribution in [3.05, 3.63) is 82.5 Å². The number of alkyl halides is 3. The number of hydrogen-bond donors (Lipinski definition) is 3. The number of allylic oxidation sites excluding steroid dienone is 4. The monoisotopic (exact) mass is 485 g/mol. The number of rotatable bonds is 4. The summed E-state index contributed by atoms with van der Waals surface area (Å²) in [6, 6.07) is 3.63. The predicted molar refractivity (Wildman–Crippen MR) is 113 cm³/mol. The molecule has 0 aromatic heterocycles. The van der Waals surface area contributed by atoms with Gasteiger partial charge in [-0.05, 0) is 41.5 Å². The summed E-state index contributed by atoms with van der Waals surface area (Å²) in [5.74, 6) is -2.63. The summed E-state index contributed by atoms with van der Waals surface area (Å²) in [6.45, 7) is 3.18. The van der Waals surface area contributed by atoms with Crippen molar-refractivity contribution in [1.29, 1.82) is 0 Å². The molecule has 2 heterocycles. The molecule has 6 nitrogen and oxygen atoms in total. The lowest BCUT2D eigenvalue weighted by Crippen LogP contribution is -2.52. The van der Waals surface area contributed by atoms with Crippen LogP contribution in [-0.2, 0) is 16.1 Å². The minimum Gasteiger partial charge on any atom is -0.387 e. The van der Waals surface area contributed by atoms with E-state index >= 15 is 0 Å². The molecule has 2 aliphatic heterocycles. The first-order chi connectivity index (χ1) is 15.4. The summed E-state index contributed by atoms with van der Waals surface area (Å²) in [4.78, 5) is 26.6. The van der Waals surface area contributed by atoms with Crippen molar-refractivity contribution in [1.82, 2.24) is 15.5 Å². The standard InChI is InChI=1S/C22H20ClF4N3O3/c1-13-7-17(3-2-5-28-12-18(13)22(25,26)27)30-6-4-21(33,20(30)32)19(31)29-11-14-8-15(23)10-16(24)9-14/h2-3,7-10,12,28,33H,1,4-6,11H2,(H,29,31)/b3-2-,17-7+,18-12?/t21-/m1/s1. The lowest BCUT2D eigenvalue weighted by Gasteiger charge is -2.23. The number of nitrogens with one attached hydrogen (secondary N) is 2. The zero-order valence-electron chi connectivity index (χ0n) is 17.2. The Balaban J connectivity index is 1.78. The van der Waals surface area contributed by atoms with Gasteiger partial charge in [0, 0.05) is 43.0 Å². The summed E-state index contributed by atoms with van der Waals surface area (Å²) in [5, 5.41) is 15.7. The average molecular weight is 486 g/mol. The molecule has 1 fully saturated rings. The van der Waals surface area contributed by atoms with E-state index in [1.54, 1.807) is 0 Å². The van der Waals surface area contributed by atoms with Crippen molar-refractivity contribution in [2.45, 2.75) is 24.7 Å². The predicted octanol–water partition coefficient (Wildman–Crippen LogP) is 3.10. The molecule has 1 aromatic rings. The quantitative estimate of drug-likeness (QED) is 0.452. The molecule has 0 aliphatic carbocycles. The van der Waals surface area contributed by atoms with Gasteiger partial charge in [0.15, 0.2) is 0 Å². The highest BCUT2D eigenvalue weighted by Gasteiger charge is 2.52. The molecule has 11 heteroatoms. The van der Waals surface area contributed by atoms with Gasteiger partial charge in [0.05, 0.1) is 5.57 Å².